The van der Waals surface area contributed by atoms with Gasteiger partial charge in [-0.3, -0.25) is 10.1 Å². The van der Waals surface area contributed by atoms with Crippen molar-refractivity contribution >= 4 is 17.7 Å². The van der Waals surface area contributed by atoms with Gasteiger partial charge in [-0.25, -0.2) is 9.59 Å². The van der Waals surface area contributed by atoms with Crippen LogP contribution in [0.3, 0.4) is 0 Å². The van der Waals surface area contributed by atoms with Crippen LogP contribution in [0.2, 0.25) is 0 Å². The van der Waals surface area contributed by atoms with Crippen molar-refractivity contribution in [2.75, 3.05) is 0 Å². The van der Waals surface area contributed by atoms with E-state index in [1.807, 2.05) is 0 Å². The summed E-state index contributed by atoms with van der Waals surface area (Å²) < 4.78 is 34.2. The number of nitro groups is 1. The Kier molecular flexibility index (Phi) is 6.81. The Morgan fingerprint density at radius 1 is 1.35 bits per heavy atom. The molecule has 0 heterocycles. The number of rotatable bonds is 7. The molecular weight excluding hydrogens is 358 g/mol. The van der Waals surface area contributed by atoms with Crippen LogP contribution in [0.5, 0.6) is 5.75 Å². The van der Waals surface area contributed by atoms with Crippen LogP contribution in [-0.4, -0.2) is 40.3 Å². The number of nitrogens with one attached hydrogen (secondary N) is 1. The molecule has 0 bridgehead atoms. The Morgan fingerprint density at radius 2 is 1.96 bits per heavy atom. The fraction of sp³-hybridized carbons (Fsp3) is 0.467. The number of hydrogen-bond donors (Lipinski definition) is 2. The summed E-state index contributed by atoms with van der Waals surface area (Å²) in [5.41, 5.74) is -1.51. The van der Waals surface area contributed by atoms with Crippen molar-refractivity contribution in [2.45, 2.75) is 45.4 Å². The topological polar surface area (TPSA) is 128 Å². The van der Waals surface area contributed by atoms with E-state index in [2.05, 4.69) is 10.1 Å². The number of aliphatic carboxylic acids is 1. The number of non-ortho nitro benzene ring substituents is 1. The SMILES string of the molecule is CC(C)(C)OC(=O)NC(Cc1cc([N+](=O)[O-])ccc1OC(F)F)C(=O)O. The lowest BCUT2D eigenvalue weighted by atomic mass is 10.0. The molecule has 0 aliphatic heterocycles. The lowest BCUT2D eigenvalue weighted by molar-refractivity contribution is -0.385. The van der Waals surface area contributed by atoms with E-state index in [-0.39, 0.29) is 5.56 Å². The molecule has 1 atom stereocenters. The zero-order chi connectivity index (χ0) is 20.1. The van der Waals surface area contributed by atoms with Gasteiger partial charge in [0.25, 0.3) is 5.69 Å². The van der Waals surface area contributed by atoms with Crippen LogP contribution < -0.4 is 10.1 Å². The molecule has 1 amide bonds. The molecule has 1 rings (SSSR count). The highest BCUT2D eigenvalue weighted by atomic mass is 19.3. The number of alkyl halides is 2. The van der Waals surface area contributed by atoms with E-state index in [9.17, 15) is 33.6 Å². The number of nitro benzene ring substituents is 1. The number of carbonyl (C=O) groups excluding carboxylic acids is 1. The fourth-order valence-electron chi connectivity index (χ4n) is 1.92. The van der Waals surface area contributed by atoms with Gasteiger partial charge in [0.05, 0.1) is 4.92 Å². The molecule has 0 saturated heterocycles. The molecule has 0 saturated carbocycles. The van der Waals surface area contributed by atoms with Crippen molar-refractivity contribution in [2.24, 2.45) is 0 Å². The fourth-order valence-corrected chi connectivity index (χ4v) is 1.92. The van der Waals surface area contributed by atoms with E-state index in [1.165, 1.54) is 0 Å². The molecule has 26 heavy (non-hydrogen) atoms. The van der Waals surface area contributed by atoms with Gasteiger partial charge < -0.3 is 19.9 Å². The number of carboxylic acids is 1. The highest BCUT2D eigenvalue weighted by molar-refractivity contribution is 5.80. The largest absolute Gasteiger partial charge is 0.480 e. The number of ether oxygens (including phenoxy) is 2. The van der Waals surface area contributed by atoms with Crippen LogP contribution in [0.25, 0.3) is 0 Å². The molecule has 1 unspecified atom stereocenters. The van der Waals surface area contributed by atoms with E-state index in [4.69, 9.17) is 4.74 Å². The Labute approximate surface area is 147 Å². The van der Waals surface area contributed by atoms with Crippen LogP contribution in [0.15, 0.2) is 18.2 Å². The average Bonchev–Trinajstić information content (AvgIpc) is 2.45. The second-order valence-corrected chi connectivity index (χ2v) is 6.17. The first kappa shape index (κ1) is 21.1. The summed E-state index contributed by atoms with van der Waals surface area (Å²) in [4.78, 5) is 33.2. The number of hydrogen-bond acceptors (Lipinski definition) is 6. The molecule has 1 aromatic carbocycles. The number of halogens is 2. The monoisotopic (exact) mass is 376 g/mol. The molecule has 0 aliphatic rings. The Balaban J connectivity index is 3.09. The first-order chi connectivity index (χ1) is 11.9. The molecule has 0 radical (unpaired) electrons. The molecule has 0 aromatic heterocycles. The Hall–Kier alpha value is -2.98. The lowest BCUT2D eigenvalue weighted by Crippen LogP contribution is -2.44. The molecule has 1 aromatic rings. The second-order valence-electron chi connectivity index (χ2n) is 6.17. The third-order valence-electron chi connectivity index (χ3n) is 2.88. The summed E-state index contributed by atoms with van der Waals surface area (Å²) in [6.07, 6.45) is -1.56. The maximum atomic E-state index is 12.5. The summed E-state index contributed by atoms with van der Waals surface area (Å²) in [7, 11) is 0. The predicted molar refractivity (Wildman–Crippen MR) is 84.2 cm³/mol. The standard InChI is InChI=1S/C15H18F2N2O7/c1-15(2,3)26-14(22)18-10(12(20)21)7-8-6-9(19(23)24)4-5-11(8)25-13(16)17/h4-6,10,13H,7H2,1-3H3,(H,18,22)(H,20,21). The smallest absolute Gasteiger partial charge is 0.408 e. The van der Waals surface area contributed by atoms with E-state index in [0.29, 0.717) is 0 Å². The Bertz CT molecular complexity index is 689. The molecule has 0 spiro atoms. The maximum absolute atomic E-state index is 12.5. The number of benzene rings is 1. The van der Waals surface area contributed by atoms with Crippen molar-refractivity contribution in [1.29, 1.82) is 0 Å². The summed E-state index contributed by atoms with van der Waals surface area (Å²) in [5, 5.41) is 22.2. The minimum Gasteiger partial charge on any atom is -0.480 e. The van der Waals surface area contributed by atoms with Gasteiger partial charge in [-0.1, -0.05) is 0 Å². The van der Waals surface area contributed by atoms with Crippen LogP contribution in [0.4, 0.5) is 19.3 Å². The van der Waals surface area contributed by atoms with E-state index in [1.54, 1.807) is 20.8 Å². The molecule has 0 fully saturated rings. The molecule has 0 aliphatic carbocycles. The second kappa shape index (κ2) is 8.41. The number of carboxylic acid groups (broad SMARTS) is 1. The maximum Gasteiger partial charge on any atom is 0.408 e. The van der Waals surface area contributed by atoms with Gasteiger partial charge in [0.15, 0.2) is 0 Å². The van der Waals surface area contributed by atoms with E-state index < -0.39 is 53.1 Å². The van der Waals surface area contributed by atoms with Crippen molar-refractivity contribution in [3.05, 3.63) is 33.9 Å². The number of alkyl carbamates (subject to hydrolysis) is 1. The zero-order valence-electron chi connectivity index (χ0n) is 14.2. The minimum absolute atomic E-state index is 0.178. The molecule has 144 valence electrons. The summed E-state index contributed by atoms with van der Waals surface area (Å²) in [6, 6.07) is 1.21. The van der Waals surface area contributed by atoms with Crippen molar-refractivity contribution in [3.63, 3.8) is 0 Å². The molecule has 9 nitrogen and oxygen atoms in total. The van der Waals surface area contributed by atoms with Gasteiger partial charge in [-0.2, -0.15) is 8.78 Å². The Morgan fingerprint density at radius 3 is 2.42 bits per heavy atom. The first-order valence-corrected chi connectivity index (χ1v) is 7.33. The van der Waals surface area contributed by atoms with Crippen LogP contribution in [0, 0.1) is 10.1 Å². The minimum atomic E-state index is -3.21. The third kappa shape index (κ3) is 6.87. The lowest BCUT2D eigenvalue weighted by Gasteiger charge is -2.22. The van der Waals surface area contributed by atoms with Crippen LogP contribution >= 0.6 is 0 Å². The van der Waals surface area contributed by atoms with Gasteiger partial charge in [0, 0.05) is 24.1 Å². The van der Waals surface area contributed by atoms with Crippen molar-refractivity contribution in [3.8, 4) is 5.75 Å². The van der Waals surface area contributed by atoms with Crippen LogP contribution in [-0.2, 0) is 16.0 Å². The highest BCUT2D eigenvalue weighted by Crippen LogP contribution is 2.27. The number of amides is 1. The van der Waals surface area contributed by atoms with Gasteiger partial charge in [0.1, 0.15) is 17.4 Å². The molecule has 2 N–H and O–H groups in total. The molecule has 11 heteroatoms. The zero-order valence-corrected chi connectivity index (χ0v) is 14.2. The first-order valence-electron chi connectivity index (χ1n) is 7.33. The van der Waals surface area contributed by atoms with Gasteiger partial charge >= 0.3 is 18.7 Å². The highest BCUT2D eigenvalue weighted by Gasteiger charge is 2.26. The quantitative estimate of drug-likeness (QED) is 0.553. The summed E-state index contributed by atoms with van der Waals surface area (Å²) in [6.45, 7) is 1.49. The molecular formula is C15H18F2N2O7. The summed E-state index contributed by atoms with van der Waals surface area (Å²) >= 11 is 0. The van der Waals surface area contributed by atoms with Gasteiger partial charge in [-0.05, 0) is 26.8 Å². The van der Waals surface area contributed by atoms with Crippen molar-refractivity contribution in [1.82, 2.24) is 5.32 Å². The normalized spacial score (nSPS) is 12.4. The van der Waals surface area contributed by atoms with Gasteiger partial charge in [-0.15, -0.1) is 0 Å². The third-order valence-corrected chi connectivity index (χ3v) is 2.88. The average molecular weight is 376 g/mol. The van der Waals surface area contributed by atoms with Crippen LogP contribution in [0.1, 0.15) is 26.3 Å². The summed E-state index contributed by atoms with van der Waals surface area (Å²) in [5.74, 6) is -1.91. The van der Waals surface area contributed by atoms with E-state index in [0.717, 1.165) is 18.2 Å². The van der Waals surface area contributed by atoms with E-state index >= 15 is 0 Å². The van der Waals surface area contributed by atoms with Crippen molar-refractivity contribution < 1.29 is 37.9 Å². The predicted octanol–water partition coefficient (Wildman–Crippen LogP) is 2.72. The number of nitrogens with zero attached hydrogens (tertiary/aromatic N) is 1. The number of carbonyl (C=O) groups is 2. The van der Waals surface area contributed by atoms with Gasteiger partial charge in [0.2, 0.25) is 0 Å².